The molecule has 0 heterocycles. The van der Waals surface area contributed by atoms with Gasteiger partial charge in [0.25, 0.3) is 0 Å². The minimum Gasteiger partial charge on any atom is -0.494 e. The second kappa shape index (κ2) is 7.53. The average molecular weight is 374 g/mol. The molecule has 4 nitrogen and oxygen atoms in total. The Bertz CT molecular complexity index is 776. The molecule has 0 fully saturated rings. The van der Waals surface area contributed by atoms with E-state index in [2.05, 4.69) is 4.72 Å². The van der Waals surface area contributed by atoms with Gasteiger partial charge < -0.3 is 4.74 Å². The minimum atomic E-state index is -3.66. The molecule has 0 unspecified atom stereocenters. The first kappa shape index (κ1) is 18.1. The molecule has 0 aromatic heterocycles. The quantitative estimate of drug-likeness (QED) is 0.814. The number of sulfonamides is 1. The van der Waals surface area contributed by atoms with Gasteiger partial charge in [0.2, 0.25) is 10.0 Å². The maximum atomic E-state index is 12.4. The summed E-state index contributed by atoms with van der Waals surface area (Å²) >= 11 is 12.0. The molecule has 0 aliphatic carbocycles. The lowest BCUT2D eigenvalue weighted by Crippen LogP contribution is -2.27. The molecule has 2 aromatic carbocycles. The Balaban J connectivity index is 2.19. The maximum absolute atomic E-state index is 12.4. The molecule has 124 valence electrons. The molecule has 0 aliphatic rings. The fourth-order valence-corrected chi connectivity index (χ4v) is 3.89. The summed E-state index contributed by atoms with van der Waals surface area (Å²) in [7, 11) is -3.66. The zero-order valence-electron chi connectivity index (χ0n) is 12.7. The van der Waals surface area contributed by atoms with Crippen molar-refractivity contribution < 1.29 is 13.2 Å². The first-order chi connectivity index (χ1) is 10.8. The summed E-state index contributed by atoms with van der Waals surface area (Å²) in [5.41, 5.74) is 0.658. The maximum Gasteiger partial charge on any atom is 0.241 e. The number of halogens is 2. The van der Waals surface area contributed by atoms with Crippen LogP contribution in [-0.2, 0) is 10.0 Å². The van der Waals surface area contributed by atoms with Crippen molar-refractivity contribution in [1.29, 1.82) is 0 Å². The highest BCUT2D eigenvalue weighted by Crippen LogP contribution is 2.27. The summed E-state index contributed by atoms with van der Waals surface area (Å²) in [5, 5.41) is 0.916. The van der Waals surface area contributed by atoms with Crippen molar-refractivity contribution in [3.8, 4) is 5.75 Å². The van der Waals surface area contributed by atoms with Crippen LogP contribution in [0.25, 0.3) is 0 Å². The van der Waals surface area contributed by atoms with Crippen LogP contribution < -0.4 is 9.46 Å². The van der Waals surface area contributed by atoms with Crippen LogP contribution in [0.2, 0.25) is 10.0 Å². The molecule has 7 heteroatoms. The summed E-state index contributed by atoms with van der Waals surface area (Å²) in [5.74, 6) is 0.625. The molecular formula is C16H17Cl2NO3S. The van der Waals surface area contributed by atoms with Gasteiger partial charge in [0.1, 0.15) is 5.75 Å². The molecule has 0 saturated carbocycles. The Hall–Kier alpha value is -1.27. The van der Waals surface area contributed by atoms with E-state index in [-0.39, 0.29) is 4.90 Å². The predicted molar refractivity (Wildman–Crippen MR) is 92.8 cm³/mol. The summed E-state index contributed by atoms with van der Waals surface area (Å²) < 4.78 is 32.8. The fourth-order valence-electron chi connectivity index (χ4n) is 2.10. The lowest BCUT2D eigenvalue weighted by atomic mass is 10.1. The van der Waals surface area contributed by atoms with Gasteiger partial charge in [0.15, 0.2) is 0 Å². The number of hydrogen-bond acceptors (Lipinski definition) is 3. The van der Waals surface area contributed by atoms with E-state index in [4.69, 9.17) is 27.9 Å². The SMILES string of the molecule is CCOc1ccc(S(=O)(=O)N[C@@H](C)c2ccc(Cl)cc2Cl)cc1. The molecule has 0 spiro atoms. The Labute approximate surface area is 146 Å². The molecule has 1 N–H and O–H groups in total. The van der Waals surface area contributed by atoms with Gasteiger partial charge in [-0.05, 0) is 55.8 Å². The van der Waals surface area contributed by atoms with Crippen molar-refractivity contribution in [2.45, 2.75) is 24.8 Å². The largest absolute Gasteiger partial charge is 0.494 e. The molecule has 0 saturated heterocycles. The van der Waals surface area contributed by atoms with E-state index in [1.165, 1.54) is 12.1 Å². The second-order valence-corrected chi connectivity index (χ2v) is 7.47. The van der Waals surface area contributed by atoms with Crippen LogP contribution in [-0.4, -0.2) is 15.0 Å². The lowest BCUT2D eigenvalue weighted by molar-refractivity contribution is 0.340. The number of ether oxygens (including phenoxy) is 1. The molecule has 0 bridgehead atoms. The normalized spacial score (nSPS) is 12.9. The van der Waals surface area contributed by atoms with E-state index in [1.54, 1.807) is 37.3 Å². The lowest BCUT2D eigenvalue weighted by Gasteiger charge is -2.16. The van der Waals surface area contributed by atoms with Crippen molar-refractivity contribution in [1.82, 2.24) is 4.72 Å². The van der Waals surface area contributed by atoms with Crippen molar-refractivity contribution in [2.75, 3.05) is 6.61 Å². The molecule has 0 amide bonds. The van der Waals surface area contributed by atoms with Crippen LogP contribution in [0.15, 0.2) is 47.4 Å². The molecule has 0 aliphatic heterocycles. The zero-order chi connectivity index (χ0) is 17.0. The van der Waals surface area contributed by atoms with Gasteiger partial charge >= 0.3 is 0 Å². The van der Waals surface area contributed by atoms with Gasteiger partial charge in [-0.3, -0.25) is 0 Å². The van der Waals surface area contributed by atoms with Gasteiger partial charge in [-0.25, -0.2) is 13.1 Å². The van der Waals surface area contributed by atoms with E-state index < -0.39 is 16.1 Å². The van der Waals surface area contributed by atoms with Crippen LogP contribution in [0, 0.1) is 0 Å². The third-order valence-corrected chi connectivity index (χ3v) is 5.33. The van der Waals surface area contributed by atoms with E-state index >= 15 is 0 Å². The molecule has 23 heavy (non-hydrogen) atoms. The minimum absolute atomic E-state index is 0.165. The second-order valence-electron chi connectivity index (χ2n) is 4.91. The van der Waals surface area contributed by atoms with Gasteiger partial charge in [0.05, 0.1) is 11.5 Å². The summed E-state index contributed by atoms with van der Waals surface area (Å²) in [6, 6.07) is 10.7. The smallest absolute Gasteiger partial charge is 0.241 e. The summed E-state index contributed by atoms with van der Waals surface area (Å²) in [4.78, 5) is 0.165. The van der Waals surface area contributed by atoms with Crippen LogP contribution in [0.5, 0.6) is 5.75 Å². The monoisotopic (exact) mass is 373 g/mol. The summed E-state index contributed by atoms with van der Waals surface area (Å²) in [6.07, 6.45) is 0. The van der Waals surface area contributed by atoms with Crippen LogP contribution >= 0.6 is 23.2 Å². The van der Waals surface area contributed by atoms with Crippen molar-refractivity contribution in [3.05, 3.63) is 58.1 Å². The number of benzene rings is 2. The van der Waals surface area contributed by atoms with Crippen molar-refractivity contribution in [3.63, 3.8) is 0 Å². The third kappa shape index (κ3) is 4.61. The number of nitrogens with one attached hydrogen (secondary N) is 1. The third-order valence-electron chi connectivity index (χ3n) is 3.21. The van der Waals surface area contributed by atoms with Gasteiger partial charge in [-0.1, -0.05) is 29.3 Å². The first-order valence-electron chi connectivity index (χ1n) is 7.03. The van der Waals surface area contributed by atoms with Gasteiger partial charge in [-0.2, -0.15) is 0 Å². The summed E-state index contributed by atoms with van der Waals surface area (Å²) in [6.45, 7) is 4.11. The van der Waals surface area contributed by atoms with E-state index in [0.29, 0.717) is 28.0 Å². The van der Waals surface area contributed by atoms with Gasteiger partial charge in [-0.15, -0.1) is 0 Å². The Morgan fingerprint density at radius 2 is 1.78 bits per heavy atom. The molecular weight excluding hydrogens is 357 g/mol. The zero-order valence-corrected chi connectivity index (χ0v) is 15.0. The number of hydrogen-bond donors (Lipinski definition) is 1. The Morgan fingerprint density at radius 1 is 1.13 bits per heavy atom. The molecule has 0 radical (unpaired) electrons. The highest BCUT2D eigenvalue weighted by Gasteiger charge is 2.20. The Morgan fingerprint density at radius 3 is 2.35 bits per heavy atom. The van der Waals surface area contributed by atoms with Gasteiger partial charge in [0, 0.05) is 16.1 Å². The Kier molecular flexibility index (Phi) is 5.92. The van der Waals surface area contributed by atoms with Crippen molar-refractivity contribution in [2.24, 2.45) is 0 Å². The average Bonchev–Trinajstić information content (AvgIpc) is 2.47. The highest BCUT2D eigenvalue weighted by atomic mass is 35.5. The van der Waals surface area contributed by atoms with E-state index in [0.717, 1.165) is 0 Å². The highest BCUT2D eigenvalue weighted by molar-refractivity contribution is 7.89. The molecule has 2 aromatic rings. The number of rotatable bonds is 6. The van der Waals surface area contributed by atoms with Crippen LogP contribution in [0.3, 0.4) is 0 Å². The van der Waals surface area contributed by atoms with Crippen LogP contribution in [0.4, 0.5) is 0 Å². The van der Waals surface area contributed by atoms with Crippen LogP contribution in [0.1, 0.15) is 25.5 Å². The predicted octanol–water partition coefficient (Wildman–Crippen LogP) is 4.43. The topological polar surface area (TPSA) is 55.4 Å². The first-order valence-corrected chi connectivity index (χ1v) is 9.27. The van der Waals surface area contributed by atoms with E-state index in [9.17, 15) is 8.42 Å². The standard InChI is InChI=1S/C16H17Cl2NO3S/c1-3-22-13-5-7-14(8-6-13)23(20,21)19-11(2)15-9-4-12(17)10-16(15)18/h4-11,19H,3H2,1-2H3/t11-/m0/s1. The van der Waals surface area contributed by atoms with Crippen molar-refractivity contribution >= 4 is 33.2 Å². The molecule has 1 atom stereocenters. The molecule has 2 rings (SSSR count). The fraction of sp³-hybridized carbons (Fsp3) is 0.250. The van der Waals surface area contributed by atoms with E-state index in [1.807, 2.05) is 6.92 Å².